The lowest BCUT2D eigenvalue weighted by Gasteiger charge is -2.06. The fraction of sp³-hybridized carbons (Fsp3) is 0.500. The first-order chi connectivity index (χ1) is 12.2. The summed E-state index contributed by atoms with van der Waals surface area (Å²) in [6.45, 7) is 2.83. The van der Waals surface area contributed by atoms with Gasteiger partial charge < -0.3 is 5.32 Å². The van der Waals surface area contributed by atoms with E-state index in [0.29, 0.717) is 5.75 Å². The number of thioether (sulfide) groups is 1. The zero-order valence-corrected chi connectivity index (χ0v) is 16.5. The van der Waals surface area contributed by atoms with Crippen LogP contribution in [0.4, 0.5) is 0 Å². The summed E-state index contributed by atoms with van der Waals surface area (Å²) in [5, 5.41) is 4.27. The van der Waals surface area contributed by atoms with Crippen LogP contribution in [0.25, 0.3) is 0 Å². The van der Waals surface area contributed by atoms with E-state index in [1.54, 1.807) is 11.8 Å². The molecule has 1 amide bonds. The Hall–Kier alpha value is -1.33. The zero-order valence-electron chi connectivity index (χ0n) is 14.8. The summed E-state index contributed by atoms with van der Waals surface area (Å²) in [6.07, 6.45) is 6.91. The van der Waals surface area contributed by atoms with Crippen molar-refractivity contribution >= 4 is 29.0 Å². The van der Waals surface area contributed by atoms with Gasteiger partial charge in [0, 0.05) is 23.6 Å². The van der Waals surface area contributed by atoms with Crippen LogP contribution in [0.5, 0.6) is 0 Å². The first-order valence-electron chi connectivity index (χ1n) is 9.08. The van der Waals surface area contributed by atoms with Crippen molar-refractivity contribution in [2.24, 2.45) is 0 Å². The Morgan fingerprint density at radius 3 is 2.84 bits per heavy atom. The van der Waals surface area contributed by atoms with Crippen LogP contribution < -0.4 is 5.32 Å². The minimum Gasteiger partial charge on any atom is -0.355 e. The van der Waals surface area contributed by atoms with E-state index in [1.165, 1.54) is 46.0 Å². The average molecular weight is 375 g/mol. The molecular weight excluding hydrogens is 348 g/mol. The SMILES string of the molecule is Cc1ccc(CSCC(=O)NCCCc2nc3c(s2)CCCC3)cc1. The lowest BCUT2D eigenvalue weighted by atomic mass is 10.0. The molecule has 1 heterocycles. The van der Waals surface area contributed by atoms with E-state index in [4.69, 9.17) is 4.98 Å². The Morgan fingerprint density at radius 2 is 2.04 bits per heavy atom. The number of benzene rings is 1. The van der Waals surface area contributed by atoms with E-state index in [0.717, 1.165) is 31.6 Å². The van der Waals surface area contributed by atoms with Gasteiger partial charge in [-0.3, -0.25) is 4.79 Å². The van der Waals surface area contributed by atoms with Crippen molar-refractivity contribution in [1.29, 1.82) is 0 Å². The molecule has 0 saturated heterocycles. The van der Waals surface area contributed by atoms with Crippen LogP contribution in [0.3, 0.4) is 0 Å². The van der Waals surface area contributed by atoms with Gasteiger partial charge in [0.05, 0.1) is 16.5 Å². The summed E-state index contributed by atoms with van der Waals surface area (Å²) in [7, 11) is 0. The van der Waals surface area contributed by atoms with Crippen molar-refractivity contribution < 1.29 is 4.79 Å². The molecule has 1 aromatic heterocycles. The fourth-order valence-electron chi connectivity index (χ4n) is 2.98. The number of nitrogens with one attached hydrogen (secondary N) is 1. The van der Waals surface area contributed by atoms with Gasteiger partial charge in [-0.25, -0.2) is 4.98 Å². The van der Waals surface area contributed by atoms with Crippen molar-refractivity contribution in [3.63, 3.8) is 0 Å². The molecule has 3 nitrogen and oxygen atoms in total. The quantitative estimate of drug-likeness (QED) is 0.700. The predicted molar refractivity (Wildman–Crippen MR) is 107 cm³/mol. The lowest BCUT2D eigenvalue weighted by Crippen LogP contribution is -2.26. The molecule has 0 aliphatic heterocycles. The summed E-state index contributed by atoms with van der Waals surface area (Å²) in [5.74, 6) is 1.55. The summed E-state index contributed by atoms with van der Waals surface area (Å²) in [4.78, 5) is 18.2. The third kappa shape index (κ3) is 5.86. The average Bonchev–Trinajstić information content (AvgIpc) is 3.03. The van der Waals surface area contributed by atoms with E-state index in [-0.39, 0.29) is 5.91 Å². The molecule has 0 radical (unpaired) electrons. The number of amides is 1. The van der Waals surface area contributed by atoms with Gasteiger partial charge in [0.2, 0.25) is 5.91 Å². The maximum atomic E-state index is 11.9. The first-order valence-corrected chi connectivity index (χ1v) is 11.1. The van der Waals surface area contributed by atoms with Crippen LogP contribution in [-0.2, 0) is 29.8 Å². The van der Waals surface area contributed by atoms with E-state index >= 15 is 0 Å². The predicted octanol–water partition coefficient (Wildman–Crippen LogP) is 4.31. The molecule has 25 heavy (non-hydrogen) atoms. The first kappa shape index (κ1) is 18.5. The van der Waals surface area contributed by atoms with Gasteiger partial charge in [0.15, 0.2) is 0 Å². The standard InChI is InChI=1S/C20H26N2OS2/c1-15-8-10-16(11-9-15)13-24-14-19(23)21-12-4-7-20-22-17-5-2-3-6-18(17)25-20/h8-11H,2-7,12-14H2,1H3,(H,21,23). The van der Waals surface area contributed by atoms with Crippen molar-refractivity contribution in [1.82, 2.24) is 10.3 Å². The molecule has 5 heteroatoms. The van der Waals surface area contributed by atoms with Crippen molar-refractivity contribution in [2.75, 3.05) is 12.3 Å². The molecule has 1 N–H and O–H groups in total. The number of hydrogen-bond acceptors (Lipinski definition) is 4. The van der Waals surface area contributed by atoms with Crippen LogP contribution >= 0.6 is 23.1 Å². The largest absolute Gasteiger partial charge is 0.355 e. The molecule has 0 spiro atoms. The zero-order chi connectivity index (χ0) is 17.5. The minimum atomic E-state index is 0.135. The molecule has 0 atom stereocenters. The highest BCUT2D eigenvalue weighted by molar-refractivity contribution is 7.99. The highest BCUT2D eigenvalue weighted by Gasteiger charge is 2.14. The van der Waals surface area contributed by atoms with Crippen molar-refractivity contribution in [3.05, 3.63) is 51.0 Å². The molecular formula is C20H26N2OS2. The second-order valence-corrected chi connectivity index (χ2v) is 8.77. The normalized spacial score (nSPS) is 13.5. The minimum absolute atomic E-state index is 0.135. The van der Waals surface area contributed by atoms with Crippen LogP contribution in [0.1, 0.15) is 46.0 Å². The van der Waals surface area contributed by atoms with Gasteiger partial charge >= 0.3 is 0 Å². The molecule has 3 rings (SSSR count). The van der Waals surface area contributed by atoms with Crippen molar-refractivity contribution in [3.8, 4) is 0 Å². The highest BCUT2D eigenvalue weighted by atomic mass is 32.2. The number of carbonyl (C=O) groups is 1. The summed E-state index contributed by atoms with van der Waals surface area (Å²) >= 11 is 3.55. The fourth-order valence-corrected chi connectivity index (χ4v) is 4.99. The lowest BCUT2D eigenvalue weighted by molar-refractivity contribution is -0.118. The molecule has 0 fully saturated rings. The summed E-state index contributed by atoms with van der Waals surface area (Å²) in [5.41, 5.74) is 3.88. The topological polar surface area (TPSA) is 42.0 Å². The second-order valence-electron chi connectivity index (χ2n) is 6.62. The molecule has 0 saturated carbocycles. The molecule has 134 valence electrons. The van der Waals surface area contributed by atoms with Gasteiger partial charge in [-0.2, -0.15) is 0 Å². The molecule has 2 aromatic rings. The number of aromatic nitrogens is 1. The van der Waals surface area contributed by atoms with Crippen LogP contribution in [0.2, 0.25) is 0 Å². The number of fused-ring (bicyclic) bond motifs is 1. The van der Waals surface area contributed by atoms with Crippen LogP contribution in [0, 0.1) is 6.92 Å². The van der Waals surface area contributed by atoms with Gasteiger partial charge in [0.25, 0.3) is 0 Å². The Balaban J connectivity index is 1.29. The molecule has 1 aliphatic carbocycles. The third-order valence-corrected chi connectivity index (χ3v) is 6.62. The number of aryl methyl sites for hydroxylation is 4. The second kappa shape index (κ2) is 9.39. The van der Waals surface area contributed by atoms with Gasteiger partial charge in [-0.15, -0.1) is 23.1 Å². The van der Waals surface area contributed by atoms with E-state index in [9.17, 15) is 4.79 Å². The van der Waals surface area contributed by atoms with Gasteiger partial charge in [-0.05, 0) is 44.6 Å². The maximum Gasteiger partial charge on any atom is 0.230 e. The Labute approximate surface area is 158 Å². The molecule has 1 aliphatic rings. The van der Waals surface area contributed by atoms with E-state index in [2.05, 4.69) is 36.5 Å². The number of thiazole rings is 1. The Morgan fingerprint density at radius 1 is 1.24 bits per heavy atom. The highest BCUT2D eigenvalue weighted by Crippen LogP contribution is 2.27. The number of nitrogens with zero attached hydrogens (tertiary/aromatic N) is 1. The number of carbonyl (C=O) groups excluding carboxylic acids is 1. The number of hydrogen-bond donors (Lipinski definition) is 1. The van der Waals surface area contributed by atoms with Crippen LogP contribution in [0.15, 0.2) is 24.3 Å². The maximum absolute atomic E-state index is 11.9. The summed E-state index contributed by atoms with van der Waals surface area (Å²) in [6, 6.07) is 8.50. The third-order valence-electron chi connectivity index (χ3n) is 4.40. The monoisotopic (exact) mass is 374 g/mol. The molecule has 0 bridgehead atoms. The smallest absolute Gasteiger partial charge is 0.230 e. The Bertz CT molecular complexity index is 671. The van der Waals surface area contributed by atoms with Gasteiger partial charge in [-0.1, -0.05) is 29.8 Å². The van der Waals surface area contributed by atoms with E-state index in [1.807, 2.05) is 11.3 Å². The molecule has 1 aromatic carbocycles. The Kier molecular flexibility index (Phi) is 6.93. The van der Waals surface area contributed by atoms with Gasteiger partial charge in [0.1, 0.15) is 0 Å². The van der Waals surface area contributed by atoms with Crippen molar-refractivity contribution in [2.45, 2.75) is 51.2 Å². The summed E-state index contributed by atoms with van der Waals surface area (Å²) < 4.78 is 0. The van der Waals surface area contributed by atoms with E-state index < -0.39 is 0 Å². The molecule has 0 unspecified atom stereocenters. The number of rotatable bonds is 8. The van der Waals surface area contributed by atoms with Crippen LogP contribution in [-0.4, -0.2) is 23.2 Å².